The predicted octanol–water partition coefficient (Wildman–Crippen LogP) is 3.65. The van der Waals surface area contributed by atoms with Gasteiger partial charge in [0.1, 0.15) is 11.6 Å². The van der Waals surface area contributed by atoms with Crippen molar-refractivity contribution in [2.75, 3.05) is 5.73 Å². The number of ether oxygens (including phenoxy) is 1. The predicted molar refractivity (Wildman–Crippen MR) is 62.0 cm³/mol. The third-order valence-corrected chi connectivity index (χ3v) is 2.28. The molecule has 0 spiro atoms. The van der Waals surface area contributed by atoms with Crippen molar-refractivity contribution in [1.82, 2.24) is 0 Å². The van der Waals surface area contributed by atoms with Gasteiger partial charge in [-0.3, -0.25) is 0 Å². The van der Waals surface area contributed by atoms with Crippen molar-refractivity contribution in [3.63, 3.8) is 0 Å². The highest BCUT2D eigenvalue weighted by molar-refractivity contribution is 5.55. The molecule has 2 nitrogen and oxygen atoms in total. The van der Waals surface area contributed by atoms with Crippen molar-refractivity contribution in [2.24, 2.45) is 0 Å². The molecule has 0 atom stereocenters. The SMILES string of the molecule is Cc1ccc(Oc2ccc(F)cc2F)c(N)c1. The molecule has 0 saturated heterocycles. The molecule has 17 heavy (non-hydrogen) atoms. The maximum atomic E-state index is 13.3. The van der Waals surface area contributed by atoms with Gasteiger partial charge in [0, 0.05) is 6.07 Å². The van der Waals surface area contributed by atoms with E-state index in [1.54, 1.807) is 18.2 Å². The third kappa shape index (κ3) is 2.53. The van der Waals surface area contributed by atoms with E-state index in [-0.39, 0.29) is 5.75 Å². The molecular formula is C13H11F2NO. The summed E-state index contributed by atoms with van der Waals surface area (Å²) in [4.78, 5) is 0. The van der Waals surface area contributed by atoms with Gasteiger partial charge < -0.3 is 10.5 Å². The van der Waals surface area contributed by atoms with Crippen LogP contribution in [0.25, 0.3) is 0 Å². The number of nitrogen functional groups attached to an aromatic ring is 1. The van der Waals surface area contributed by atoms with E-state index in [0.29, 0.717) is 11.4 Å². The maximum absolute atomic E-state index is 13.3. The smallest absolute Gasteiger partial charge is 0.168 e. The van der Waals surface area contributed by atoms with Gasteiger partial charge in [0.25, 0.3) is 0 Å². The van der Waals surface area contributed by atoms with Crippen molar-refractivity contribution < 1.29 is 13.5 Å². The van der Waals surface area contributed by atoms with Crippen LogP contribution in [0.15, 0.2) is 36.4 Å². The number of nitrogens with two attached hydrogens (primary N) is 1. The van der Waals surface area contributed by atoms with Gasteiger partial charge in [-0.15, -0.1) is 0 Å². The van der Waals surface area contributed by atoms with E-state index in [9.17, 15) is 8.78 Å². The zero-order chi connectivity index (χ0) is 12.4. The molecule has 0 aromatic heterocycles. The first kappa shape index (κ1) is 11.4. The third-order valence-electron chi connectivity index (χ3n) is 2.28. The number of hydrogen-bond acceptors (Lipinski definition) is 2. The Balaban J connectivity index is 2.31. The first-order chi connectivity index (χ1) is 8.06. The van der Waals surface area contributed by atoms with Crippen molar-refractivity contribution in [1.29, 1.82) is 0 Å². The molecule has 88 valence electrons. The second-order valence-corrected chi connectivity index (χ2v) is 3.72. The van der Waals surface area contributed by atoms with Gasteiger partial charge in [-0.2, -0.15) is 0 Å². The van der Waals surface area contributed by atoms with Crippen LogP contribution in [0, 0.1) is 18.6 Å². The number of benzene rings is 2. The average molecular weight is 235 g/mol. The highest BCUT2D eigenvalue weighted by Gasteiger charge is 2.08. The Morgan fingerprint density at radius 2 is 1.71 bits per heavy atom. The summed E-state index contributed by atoms with van der Waals surface area (Å²) in [6.07, 6.45) is 0. The first-order valence-electron chi connectivity index (χ1n) is 5.05. The normalized spacial score (nSPS) is 10.3. The van der Waals surface area contributed by atoms with E-state index < -0.39 is 11.6 Å². The number of hydrogen-bond donors (Lipinski definition) is 1. The standard InChI is InChI=1S/C13H11F2NO/c1-8-2-4-13(11(16)6-8)17-12-5-3-9(14)7-10(12)15/h2-7H,16H2,1H3. The van der Waals surface area contributed by atoms with Crippen LogP contribution in [0.4, 0.5) is 14.5 Å². The van der Waals surface area contributed by atoms with Gasteiger partial charge in [0.2, 0.25) is 0 Å². The maximum Gasteiger partial charge on any atom is 0.168 e. The van der Waals surface area contributed by atoms with Crippen molar-refractivity contribution in [2.45, 2.75) is 6.92 Å². The number of anilines is 1. The number of halogens is 2. The largest absolute Gasteiger partial charge is 0.452 e. The molecule has 4 heteroatoms. The van der Waals surface area contributed by atoms with E-state index >= 15 is 0 Å². The molecule has 2 rings (SSSR count). The molecule has 0 fully saturated rings. The van der Waals surface area contributed by atoms with Crippen LogP contribution in [0.1, 0.15) is 5.56 Å². The second-order valence-electron chi connectivity index (χ2n) is 3.72. The summed E-state index contributed by atoms with van der Waals surface area (Å²) in [6, 6.07) is 8.28. The first-order valence-corrected chi connectivity index (χ1v) is 5.05. The molecule has 0 aliphatic rings. The molecule has 0 amide bonds. The van der Waals surface area contributed by atoms with Gasteiger partial charge in [-0.05, 0) is 36.8 Å². The molecule has 0 saturated carbocycles. The molecule has 0 radical (unpaired) electrons. The van der Waals surface area contributed by atoms with Gasteiger partial charge in [0.15, 0.2) is 11.6 Å². The van der Waals surface area contributed by atoms with Crippen molar-refractivity contribution >= 4 is 5.69 Å². The highest BCUT2D eigenvalue weighted by atomic mass is 19.1. The van der Waals surface area contributed by atoms with Crippen molar-refractivity contribution in [3.05, 3.63) is 53.6 Å². The van der Waals surface area contributed by atoms with Gasteiger partial charge in [0.05, 0.1) is 5.69 Å². The van der Waals surface area contributed by atoms with Gasteiger partial charge in [-0.25, -0.2) is 8.78 Å². The van der Waals surface area contributed by atoms with Crippen LogP contribution in [-0.2, 0) is 0 Å². The van der Waals surface area contributed by atoms with Crippen molar-refractivity contribution in [3.8, 4) is 11.5 Å². The fourth-order valence-electron chi connectivity index (χ4n) is 1.44. The zero-order valence-electron chi connectivity index (χ0n) is 9.21. The Morgan fingerprint density at radius 1 is 1.00 bits per heavy atom. The van der Waals surface area contributed by atoms with Crippen LogP contribution in [-0.4, -0.2) is 0 Å². The van der Waals surface area contributed by atoms with E-state index in [1.807, 2.05) is 6.92 Å². The molecule has 0 aliphatic carbocycles. The van der Waals surface area contributed by atoms with E-state index in [1.165, 1.54) is 6.07 Å². The Hall–Kier alpha value is -2.10. The summed E-state index contributed by atoms with van der Waals surface area (Å²) < 4.78 is 31.3. The van der Waals surface area contributed by atoms with Crippen LogP contribution in [0.5, 0.6) is 11.5 Å². The lowest BCUT2D eigenvalue weighted by Gasteiger charge is -2.09. The van der Waals surface area contributed by atoms with E-state index in [0.717, 1.165) is 17.7 Å². The molecule has 0 heterocycles. The van der Waals surface area contributed by atoms with Crippen LogP contribution in [0.3, 0.4) is 0 Å². The molecule has 2 N–H and O–H groups in total. The lowest BCUT2D eigenvalue weighted by atomic mass is 10.2. The molecule has 0 aliphatic heterocycles. The Bertz CT molecular complexity index is 506. The Kier molecular flexibility index (Phi) is 2.95. The van der Waals surface area contributed by atoms with Gasteiger partial charge in [-0.1, -0.05) is 6.07 Å². The van der Waals surface area contributed by atoms with E-state index in [4.69, 9.17) is 10.5 Å². The summed E-state index contributed by atoms with van der Waals surface area (Å²) in [5.41, 5.74) is 7.12. The van der Waals surface area contributed by atoms with Crippen LogP contribution < -0.4 is 10.5 Å². The molecular weight excluding hydrogens is 224 g/mol. The number of rotatable bonds is 2. The molecule has 2 aromatic rings. The monoisotopic (exact) mass is 235 g/mol. The summed E-state index contributed by atoms with van der Waals surface area (Å²) in [7, 11) is 0. The molecule has 0 bridgehead atoms. The van der Waals surface area contributed by atoms with Gasteiger partial charge >= 0.3 is 0 Å². The fraction of sp³-hybridized carbons (Fsp3) is 0.0769. The number of aryl methyl sites for hydroxylation is 1. The summed E-state index contributed by atoms with van der Waals surface area (Å²) in [5, 5.41) is 0. The van der Waals surface area contributed by atoms with Crippen LogP contribution in [0.2, 0.25) is 0 Å². The lowest BCUT2D eigenvalue weighted by Crippen LogP contribution is -1.94. The summed E-state index contributed by atoms with van der Waals surface area (Å²) >= 11 is 0. The van der Waals surface area contributed by atoms with Crippen LogP contribution >= 0.6 is 0 Å². The minimum Gasteiger partial charge on any atom is -0.452 e. The Labute approximate surface area is 97.6 Å². The minimum atomic E-state index is -0.759. The summed E-state index contributed by atoms with van der Waals surface area (Å²) in [5.74, 6) is -1.11. The zero-order valence-corrected chi connectivity index (χ0v) is 9.21. The topological polar surface area (TPSA) is 35.2 Å². The highest BCUT2D eigenvalue weighted by Crippen LogP contribution is 2.29. The fourth-order valence-corrected chi connectivity index (χ4v) is 1.44. The minimum absolute atomic E-state index is 0.0537. The molecule has 2 aromatic carbocycles. The lowest BCUT2D eigenvalue weighted by molar-refractivity contribution is 0.439. The second kappa shape index (κ2) is 4.41. The summed E-state index contributed by atoms with van der Waals surface area (Å²) in [6.45, 7) is 1.89. The molecule has 0 unspecified atom stereocenters. The average Bonchev–Trinajstić information content (AvgIpc) is 2.25. The quantitative estimate of drug-likeness (QED) is 0.806. The Morgan fingerprint density at radius 3 is 2.35 bits per heavy atom. The van der Waals surface area contributed by atoms with E-state index in [2.05, 4.69) is 0 Å².